The van der Waals surface area contributed by atoms with E-state index in [1.54, 1.807) is 0 Å². The summed E-state index contributed by atoms with van der Waals surface area (Å²) in [6.45, 7) is -9.27. The Bertz CT molecular complexity index is 1920. The molecular formula is C21H22F2N10O7P2S2. The van der Waals surface area contributed by atoms with E-state index in [4.69, 9.17) is 34.5 Å². The maximum absolute atomic E-state index is 16.4. The minimum absolute atomic E-state index is 0.0595. The van der Waals surface area contributed by atoms with E-state index < -0.39 is 74.3 Å². The maximum Gasteiger partial charge on any atom is 0.386 e. The molecule has 4 aromatic heterocycles. The number of alkyl halides is 2. The Balaban J connectivity index is 1.19. The summed E-state index contributed by atoms with van der Waals surface area (Å²) in [5, 5.41) is 0. The lowest BCUT2D eigenvalue weighted by molar-refractivity contribution is -0.0477. The molecule has 44 heavy (non-hydrogen) atoms. The summed E-state index contributed by atoms with van der Waals surface area (Å²) < 4.78 is 91.7. The van der Waals surface area contributed by atoms with E-state index in [1.807, 2.05) is 0 Å². The van der Waals surface area contributed by atoms with Crippen molar-refractivity contribution in [1.29, 1.82) is 0 Å². The zero-order chi connectivity index (χ0) is 30.8. The van der Waals surface area contributed by atoms with Crippen molar-refractivity contribution in [2.45, 2.75) is 60.8 Å². The van der Waals surface area contributed by atoms with Crippen molar-refractivity contribution in [2.24, 2.45) is 0 Å². The molecule has 7 heterocycles. The second kappa shape index (κ2) is 9.76. The van der Waals surface area contributed by atoms with Crippen LogP contribution in [-0.4, -0.2) is 87.6 Å². The first-order chi connectivity index (χ1) is 20.9. The molecule has 4 N–H and O–H groups in total. The normalized spacial score (nSPS) is 42.1. The summed E-state index contributed by atoms with van der Waals surface area (Å²) in [4.78, 5) is 24.5. The van der Waals surface area contributed by atoms with Gasteiger partial charge in [0.1, 0.15) is 47.6 Å². The van der Waals surface area contributed by atoms with Crippen molar-refractivity contribution in [1.82, 2.24) is 39.0 Å². The monoisotopic (exact) mass is 690 g/mol. The highest BCUT2D eigenvalue weighted by Crippen LogP contribution is 2.76. The Labute approximate surface area is 255 Å². The van der Waals surface area contributed by atoms with Gasteiger partial charge >= 0.3 is 6.80 Å². The summed E-state index contributed by atoms with van der Waals surface area (Å²) >= 11 is 8.36. The van der Waals surface area contributed by atoms with Crippen LogP contribution in [0.25, 0.3) is 22.3 Å². The van der Waals surface area contributed by atoms with Crippen LogP contribution in [0.4, 0.5) is 20.4 Å². The van der Waals surface area contributed by atoms with Gasteiger partial charge in [0.15, 0.2) is 47.7 Å². The number of nitrogens with two attached hydrogens (primary N) is 2. The largest absolute Gasteiger partial charge is 0.386 e. The lowest BCUT2D eigenvalue weighted by Crippen LogP contribution is -2.33. The van der Waals surface area contributed by atoms with Crippen molar-refractivity contribution in [3.63, 3.8) is 0 Å². The molecule has 1 aliphatic carbocycles. The minimum atomic E-state index is -4.42. The smallest absolute Gasteiger partial charge is 0.382 e. The number of halogens is 2. The molecular weight excluding hydrogens is 668 g/mol. The lowest BCUT2D eigenvalue weighted by atomic mass is 10.1. The predicted molar refractivity (Wildman–Crippen MR) is 153 cm³/mol. The minimum Gasteiger partial charge on any atom is -0.382 e. The molecule has 4 aliphatic rings. The highest BCUT2D eigenvalue weighted by molar-refractivity contribution is 8.46. The predicted octanol–water partition coefficient (Wildman–Crippen LogP) is 2.41. The number of rotatable bonds is 2. The fourth-order valence-corrected chi connectivity index (χ4v) is 10.6. The van der Waals surface area contributed by atoms with Gasteiger partial charge in [0.25, 0.3) is 6.57 Å². The van der Waals surface area contributed by atoms with E-state index in [2.05, 4.69) is 54.4 Å². The number of hydrogen-bond donors (Lipinski definition) is 4. The fraction of sp³-hybridized carbons (Fsp3) is 0.524. The van der Waals surface area contributed by atoms with Crippen molar-refractivity contribution < 1.29 is 41.0 Å². The molecule has 17 nitrogen and oxygen atoms in total. The van der Waals surface area contributed by atoms with Crippen molar-refractivity contribution in [2.75, 3.05) is 18.1 Å². The van der Waals surface area contributed by atoms with Crippen LogP contribution in [0.1, 0.15) is 18.9 Å². The van der Waals surface area contributed by atoms with E-state index in [0.29, 0.717) is 0 Å². The van der Waals surface area contributed by atoms with Gasteiger partial charge < -0.3 is 25.5 Å². The molecule has 4 bridgehead atoms. The van der Waals surface area contributed by atoms with Crippen molar-refractivity contribution in [3.05, 3.63) is 25.3 Å². The van der Waals surface area contributed by atoms with Gasteiger partial charge in [-0.2, -0.15) is 0 Å². The van der Waals surface area contributed by atoms with E-state index in [1.165, 1.54) is 34.4 Å². The number of nitrogen functional groups attached to an aromatic ring is 2. The molecule has 234 valence electrons. The first-order valence-electron chi connectivity index (χ1n) is 13.0. The van der Waals surface area contributed by atoms with Gasteiger partial charge in [-0.05, 0) is 6.42 Å². The summed E-state index contributed by atoms with van der Waals surface area (Å²) in [5.74, 6) is 0.122. The number of aromatic nitrogens is 8. The number of hydrogen-bond acceptors (Lipinski definition) is 15. The number of anilines is 2. The topological polar surface area (TPSA) is 220 Å². The first kappa shape index (κ1) is 29.0. The Morgan fingerprint density at radius 3 is 2.14 bits per heavy atom. The third-order valence-electron chi connectivity index (χ3n) is 8.20. The van der Waals surface area contributed by atoms with E-state index in [9.17, 15) is 9.13 Å². The van der Waals surface area contributed by atoms with Crippen LogP contribution < -0.4 is 11.5 Å². The molecule has 0 unspecified atom stereocenters. The van der Waals surface area contributed by atoms with Crippen molar-refractivity contribution >= 4 is 71.8 Å². The molecule has 1 spiro atoms. The standard InChI is InChI=1S/C21H22F2N10O7P2S2/c22-9-7-2-36-42(35,44)40-13-14(23)21(38-20(13)33-6-31-11-16(25)27-4-29-18(11)33)1-8(21)41(34,43)39-12(9)19(37-7)32-5-30-10-15(24)26-3-28-17(10)32/h3-9,12-14,19-20H,1-2H2,(H,34,43)(H,35,44)(H2,24,26,28)(H2,25,27,29)/t7-,8+,9-,12-,13-,14+,19-,20-,21+,41+,42-/m1/s1. The van der Waals surface area contributed by atoms with Gasteiger partial charge in [-0.1, -0.05) is 24.5 Å². The van der Waals surface area contributed by atoms with Gasteiger partial charge in [0.2, 0.25) is 0 Å². The highest BCUT2D eigenvalue weighted by Gasteiger charge is 2.76. The summed E-state index contributed by atoms with van der Waals surface area (Å²) in [6, 6.07) is 0. The SMILES string of the molecule is Nc1ncnc2c1ncn2[C@@H]1O[C@@H]2CO[P@@](=O)(S)O[C@H]3[C@H](n4cnc5c(N)ncnc54)O[C@]4(C[C@@H]4[P@@](=O)(S)O[C@@H]1[C@@H]2F)[C@H]3F. The number of nitrogens with zero attached hydrogens (tertiary/aromatic N) is 8. The van der Waals surface area contributed by atoms with Gasteiger partial charge in [0.05, 0.1) is 24.9 Å². The molecule has 3 aliphatic heterocycles. The van der Waals surface area contributed by atoms with Crippen LogP contribution >= 0.6 is 37.9 Å². The molecule has 0 amide bonds. The molecule has 4 aromatic rings. The quantitative estimate of drug-likeness (QED) is 0.175. The van der Waals surface area contributed by atoms with Gasteiger partial charge in [-0.15, -0.1) is 0 Å². The van der Waals surface area contributed by atoms with Crippen molar-refractivity contribution in [3.8, 4) is 0 Å². The van der Waals surface area contributed by atoms with Crippen LogP contribution in [0.15, 0.2) is 25.3 Å². The zero-order valence-electron chi connectivity index (χ0n) is 22.0. The molecule has 23 heteroatoms. The second-order valence-electron chi connectivity index (χ2n) is 10.7. The third-order valence-corrected chi connectivity index (χ3v) is 12.9. The lowest BCUT2D eigenvalue weighted by Gasteiger charge is -2.25. The fourth-order valence-electron chi connectivity index (χ4n) is 6.04. The Morgan fingerprint density at radius 2 is 1.50 bits per heavy atom. The van der Waals surface area contributed by atoms with Gasteiger partial charge in [-0.3, -0.25) is 22.7 Å². The summed E-state index contributed by atoms with van der Waals surface area (Å²) in [7, 11) is 0. The average molecular weight is 691 g/mol. The Hall–Kier alpha value is -2.48. The number of thiol groups is 2. The summed E-state index contributed by atoms with van der Waals surface area (Å²) in [5.41, 5.74) is 9.62. The first-order valence-corrected chi connectivity index (χ1v) is 18.6. The number of fused-ring (bicyclic) bond motifs is 5. The molecule has 3 saturated heterocycles. The van der Waals surface area contributed by atoms with Crippen LogP contribution in [0.3, 0.4) is 0 Å². The van der Waals surface area contributed by atoms with Gasteiger partial charge in [-0.25, -0.2) is 43.2 Å². The molecule has 11 atom stereocenters. The second-order valence-corrected chi connectivity index (χ2v) is 17.2. The average Bonchev–Trinajstić information content (AvgIpc) is 3.24. The van der Waals surface area contributed by atoms with Crippen LogP contribution in [0.2, 0.25) is 0 Å². The van der Waals surface area contributed by atoms with Gasteiger partial charge in [0, 0.05) is 0 Å². The molecule has 1 saturated carbocycles. The van der Waals surface area contributed by atoms with Crippen LogP contribution in [0, 0.1) is 0 Å². The summed E-state index contributed by atoms with van der Waals surface area (Å²) in [6.07, 6.45) is -6.53. The van der Waals surface area contributed by atoms with E-state index in [-0.39, 0.29) is 40.4 Å². The molecule has 0 aromatic carbocycles. The Kier molecular flexibility index (Phi) is 6.42. The molecule has 4 fully saturated rings. The van der Waals surface area contributed by atoms with E-state index >= 15 is 8.78 Å². The molecule has 8 rings (SSSR count). The number of ether oxygens (including phenoxy) is 2. The zero-order valence-corrected chi connectivity index (χ0v) is 25.6. The maximum atomic E-state index is 16.4. The third kappa shape index (κ3) is 4.25. The molecule has 0 radical (unpaired) electrons. The highest BCUT2D eigenvalue weighted by atomic mass is 32.7. The van der Waals surface area contributed by atoms with E-state index in [0.717, 1.165) is 0 Å². The Morgan fingerprint density at radius 1 is 0.886 bits per heavy atom. The van der Waals surface area contributed by atoms with Crippen LogP contribution in [0.5, 0.6) is 0 Å². The number of imidazole rings is 2. The van der Waals surface area contributed by atoms with Crippen LogP contribution in [-0.2, 0) is 32.2 Å².